The summed E-state index contributed by atoms with van der Waals surface area (Å²) in [5.41, 5.74) is -1.44. The van der Waals surface area contributed by atoms with Crippen LogP contribution in [0.5, 0.6) is 0 Å². The number of benzene rings is 1. The van der Waals surface area contributed by atoms with E-state index >= 15 is 0 Å². The minimum absolute atomic E-state index is 0.102. The molecule has 2 aromatic rings. The van der Waals surface area contributed by atoms with Gasteiger partial charge in [0.25, 0.3) is 0 Å². The molecule has 0 bridgehead atoms. The van der Waals surface area contributed by atoms with E-state index in [0.717, 1.165) is 5.56 Å². The zero-order valence-corrected chi connectivity index (χ0v) is 12.9. The number of carboxylic acid groups (broad SMARTS) is 1. The molecule has 1 atom stereocenters. The quantitative estimate of drug-likeness (QED) is 0.908. The Bertz CT molecular complexity index is 746. The highest BCUT2D eigenvalue weighted by Gasteiger charge is 2.46. The highest BCUT2D eigenvalue weighted by molar-refractivity contribution is 5.82. The minimum atomic E-state index is -2.33. The van der Waals surface area contributed by atoms with Crippen molar-refractivity contribution >= 4 is 11.9 Å². The first-order valence-electron chi connectivity index (χ1n) is 7.68. The fraction of sp³-hybridized carbons (Fsp3) is 0.353. The van der Waals surface area contributed by atoms with Gasteiger partial charge in [-0.2, -0.15) is 0 Å². The summed E-state index contributed by atoms with van der Waals surface area (Å²) in [7, 11) is 0. The molecule has 1 saturated heterocycles. The van der Waals surface area contributed by atoms with Gasteiger partial charge in [-0.05, 0) is 0 Å². The number of likely N-dealkylation sites (tertiary alicyclic amines) is 1. The van der Waals surface area contributed by atoms with Crippen LogP contribution in [0.1, 0.15) is 18.7 Å². The van der Waals surface area contributed by atoms with Gasteiger partial charge in [-0.25, -0.2) is 14.2 Å². The third-order valence-corrected chi connectivity index (χ3v) is 4.12. The lowest BCUT2D eigenvalue weighted by Crippen LogP contribution is -2.38. The number of aryl methyl sites for hydroxylation is 1. The summed E-state index contributed by atoms with van der Waals surface area (Å²) in [4.78, 5) is 28.4. The van der Waals surface area contributed by atoms with Crippen LogP contribution in [0.2, 0.25) is 0 Å². The van der Waals surface area contributed by atoms with E-state index in [1.54, 1.807) is 6.20 Å². The third kappa shape index (κ3) is 3.29. The number of carbonyl (C=O) groups is 2. The highest BCUT2D eigenvalue weighted by atomic mass is 19.1. The largest absolute Gasteiger partial charge is 0.479 e. The second-order valence-corrected chi connectivity index (χ2v) is 5.82. The molecule has 24 heavy (non-hydrogen) atoms. The molecule has 0 spiro atoms. The smallest absolute Gasteiger partial charge is 0.343 e. The zero-order valence-electron chi connectivity index (χ0n) is 12.9. The van der Waals surface area contributed by atoms with Crippen molar-refractivity contribution in [1.82, 2.24) is 9.88 Å². The first-order chi connectivity index (χ1) is 11.5. The van der Waals surface area contributed by atoms with Crippen molar-refractivity contribution in [3.8, 4) is 11.3 Å². The van der Waals surface area contributed by atoms with Crippen LogP contribution in [0, 0.1) is 0 Å². The predicted molar refractivity (Wildman–Crippen MR) is 82.9 cm³/mol. The lowest BCUT2D eigenvalue weighted by atomic mass is 10.1. The van der Waals surface area contributed by atoms with E-state index in [-0.39, 0.29) is 31.7 Å². The summed E-state index contributed by atoms with van der Waals surface area (Å²) in [6.07, 6.45) is 1.81. The number of aromatic nitrogens is 1. The van der Waals surface area contributed by atoms with Crippen LogP contribution in [0.15, 0.2) is 40.9 Å². The van der Waals surface area contributed by atoms with E-state index in [0.29, 0.717) is 11.7 Å². The van der Waals surface area contributed by atoms with E-state index in [9.17, 15) is 14.0 Å². The monoisotopic (exact) mass is 332 g/mol. The fourth-order valence-electron chi connectivity index (χ4n) is 2.69. The summed E-state index contributed by atoms with van der Waals surface area (Å²) in [6, 6.07) is 9.47. The Morgan fingerprint density at radius 2 is 2.08 bits per heavy atom. The lowest BCUT2D eigenvalue weighted by Gasteiger charge is -2.17. The number of nitrogens with zero attached hydrogens (tertiary/aromatic N) is 2. The van der Waals surface area contributed by atoms with Crippen LogP contribution in [-0.2, 0) is 16.0 Å². The predicted octanol–water partition coefficient (Wildman–Crippen LogP) is 2.30. The molecule has 1 amide bonds. The molecule has 0 radical (unpaired) electrons. The van der Waals surface area contributed by atoms with E-state index in [1.807, 2.05) is 30.3 Å². The van der Waals surface area contributed by atoms with Crippen LogP contribution in [0.4, 0.5) is 4.39 Å². The van der Waals surface area contributed by atoms with E-state index in [2.05, 4.69) is 4.98 Å². The van der Waals surface area contributed by atoms with Crippen molar-refractivity contribution in [2.75, 3.05) is 13.1 Å². The molecule has 3 rings (SSSR count). The number of amides is 1. The summed E-state index contributed by atoms with van der Waals surface area (Å²) >= 11 is 0. The lowest BCUT2D eigenvalue weighted by molar-refractivity contribution is -0.150. The number of carbonyl (C=O) groups excluding carboxylic acids is 1. The Balaban J connectivity index is 1.56. The third-order valence-electron chi connectivity index (χ3n) is 4.12. The molecule has 1 aromatic heterocycles. The maximum Gasteiger partial charge on any atom is 0.343 e. The van der Waals surface area contributed by atoms with Gasteiger partial charge in [0.2, 0.25) is 11.6 Å². The maximum atomic E-state index is 14.0. The number of aliphatic carboxylic acids is 1. The van der Waals surface area contributed by atoms with Crippen LogP contribution >= 0.6 is 0 Å². The standard InChI is InChI=1S/C17H17FN2O4/c18-17(16(22)23)8-9-20(11-17)15(21)7-6-14-19-10-13(24-14)12-4-2-1-3-5-12/h1-5,10H,6-9,11H2,(H,22,23). The molecule has 1 aromatic carbocycles. The molecular formula is C17H17FN2O4. The Morgan fingerprint density at radius 3 is 2.75 bits per heavy atom. The normalized spacial score (nSPS) is 20.3. The van der Waals surface area contributed by atoms with Crippen LogP contribution < -0.4 is 0 Å². The van der Waals surface area contributed by atoms with Crippen LogP contribution in [0.3, 0.4) is 0 Å². The molecule has 1 unspecified atom stereocenters. The van der Waals surface area contributed by atoms with Crippen LogP contribution in [-0.4, -0.2) is 45.6 Å². The first-order valence-corrected chi connectivity index (χ1v) is 7.68. The van der Waals surface area contributed by atoms with Crippen molar-refractivity contribution in [3.05, 3.63) is 42.4 Å². The Kier molecular flexibility index (Phi) is 4.33. The summed E-state index contributed by atoms with van der Waals surface area (Å²) in [5.74, 6) is -0.771. The van der Waals surface area contributed by atoms with Crippen LogP contribution in [0.25, 0.3) is 11.3 Å². The number of rotatable bonds is 5. The summed E-state index contributed by atoms with van der Waals surface area (Å²) in [6.45, 7) is -0.287. The second kappa shape index (κ2) is 6.43. The second-order valence-electron chi connectivity index (χ2n) is 5.82. The van der Waals surface area contributed by atoms with Crippen molar-refractivity contribution < 1.29 is 23.5 Å². The average Bonchev–Trinajstić information content (AvgIpc) is 3.21. The average molecular weight is 332 g/mol. The molecule has 0 aliphatic carbocycles. The molecule has 1 aliphatic rings. The molecule has 1 N–H and O–H groups in total. The Morgan fingerprint density at radius 1 is 1.33 bits per heavy atom. The number of carboxylic acids is 1. The number of hydrogen-bond donors (Lipinski definition) is 1. The van der Waals surface area contributed by atoms with Gasteiger partial charge in [0.05, 0.1) is 12.7 Å². The van der Waals surface area contributed by atoms with Gasteiger partial charge in [0.15, 0.2) is 11.7 Å². The van der Waals surface area contributed by atoms with E-state index in [4.69, 9.17) is 9.52 Å². The molecular weight excluding hydrogens is 315 g/mol. The highest BCUT2D eigenvalue weighted by Crippen LogP contribution is 2.27. The van der Waals surface area contributed by atoms with Crippen molar-refractivity contribution in [1.29, 1.82) is 0 Å². The maximum absolute atomic E-state index is 14.0. The van der Waals surface area contributed by atoms with Gasteiger partial charge < -0.3 is 14.4 Å². The van der Waals surface area contributed by atoms with Gasteiger partial charge >= 0.3 is 5.97 Å². The molecule has 2 heterocycles. The molecule has 7 heteroatoms. The van der Waals surface area contributed by atoms with E-state index < -0.39 is 18.2 Å². The van der Waals surface area contributed by atoms with Gasteiger partial charge in [-0.3, -0.25) is 4.79 Å². The topological polar surface area (TPSA) is 83.6 Å². The van der Waals surface area contributed by atoms with Crippen molar-refractivity contribution in [2.45, 2.75) is 24.9 Å². The van der Waals surface area contributed by atoms with Gasteiger partial charge in [0.1, 0.15) is 0 Å². The molecule has 126 valence electrons. The number of oxazole rings is 1. The van der Waals surface area contributed by atoms with Gasteiger partial charge in [-0.15, -0.1) is 0 Å². The zero-order chi connectivity index (χ0) is 17.2. The summed E-state index contributed by atoms with van der Waals surface area (Å²) in [5, 5.41) is 8.85. The number of halogens is 1. The fourth-order valence-corrected chi connectivity index (χ4v) is 2.69. The molecule has 0 saturated carbocycles. The molecule has 6 nitrogen and oxygen atoms in total. The SMILES string of the molecule is O=C(CCc1ncc(-c2ccccc2)o1)N1CCC(F)(C(=O)O)C1. The Labute approximate surface area is 137 Å². The molecule has 1 fully saturated rings. The summed E-state index contributed by atoms with van der Waals surface area (Å²) < 4.78 is 19.6. The van der Waals surface area contributed by atoms with E-state index in [1.165, 1.54) is 4.90 Å². The van der Waals surface area contributed by atoms with Crippen molar-refractivity contribution in [3.63, 3.8) is 0 Å². The number of alkyl halides is 1. The molecule has 1 aliphatic heterocycles. The van der Waals surface area contributed by atoms with Crippen molar-refractivity contribution in [2.24, 2.45) is 0 Å². The van der Waals surface area contributed by atoms with Gasteiger partial charge in [0, 0.05) is 31.4 Å². The minimum Gasteiger partial charge on any atom is -0.479 e. The van der Waals surface area contributed by atoms with Gasteiger partial charge in [-0.1, -0.05) is 30.3 Å². The Hall–Kier alpha value is -2.70. The number of hydrogen-bond acceptors (Lipinski definition) is 4. The first kappa shape index (κ1) is 16.2.